The van der Waals surface area contributed by atoms with Crippen LogP contribution in [0.1, 0.15) is 23.4 Å². The van der Waals surface area contributed by atoms with Gasteiger partial charge in [-0.15, -0.1) is 11.3 Å². The van der Waals surface area contributed by atoms with Crippen molar-refractivity contribution in [2.45, 2.75) is 24.8 Å². The normalized spacial score (nSPS) is 13.6. The van der Waals surface area contributed by atoms with Gasteiger partial charge in [-0.2, -0.15) is 4.31 Å². The summed E-state index contributed by atoms with van der Waals surface area (Å²) < 4.78 is 26.6. The van der Waals surface area contributed by atoms with E-state index in [1.165, 1.54) is 4.31 Å². The van der Waals surface area contributed by atoms with Crippen LogP contribution in [0, 0.1) is 6.92 Å². The molecule has 4 nitrogen and oxygen atoms in total. The zero-order valence-corrected chi connectivity index (χ0v) is 13.3. The number of anilines is 1. The van der Waals surface area contributed by atoms with Crippen LogP contribution in [-0.2, 0) is 10.0 Å². The maximum absolute atomic E-state index is 12.6. The monoisotopic (exact) mass is 310 g/mol. The smallest absolute Gasteiger partial charge is 0.243 e. The lowest BCUT2D eigenvalue weighted by Crippen LogP contribution is -2.29. The highest BCUT2D eigenvalue weighted by Gasteiger charge is 2.27. The largest absolute Gasteiger partial charge is 0.399 e. The number of rotatable bonds is 4. The van der Waals surface area contributed by atoms with E-state index in [1.807, 2.05) is 24.4 Å². The lowest BCUT2D eigenvalue weighted by Gasteiger charge is -2.23. The second kappa shape index (κ2) is 5.55. The SMILES string of the molecule is Cc1cc(S(=O)(=O)N(C)C(C)c2cccs2)ccc1N. The molecule has 0 radical (unpaired) electrons. The van der Waals surface area contributed by atoms with Crippen LogP contribution >= 0.6 is 11.3 Å². The van der Waals surface area contributed by atoms with E-state index >= 15 is 0 Å². The molecule has 1 unspecified atom stereocenters. The lowest BCUT2D eigenvalue weighted by atomic mass is 10.2. The molecule has 0 aliphatic carbocycles. The predicted molar refractivity (Wildman–Crippen MR) is 83.3 cm³/mol. The molecule has 6 heteroatoms. The van der Waals surface area contributed by atoms with Crippen LogP contribution in [0.2, 0.25) is 0 Å². The van der Waals surface area contributed by atoms with Crippen LogP contribution in [0.3, 0.4) is 0 Å². The Morgan fingerprint density at radius 3 is 2.55 bits per heavy atom. The number of nitrogens with zero attached hydrogens (tertiary/aromatic N) is 1. The van der Waals surface area contributed by atoms with Gasteiger partial charge in [0.05, 0.1) is 10.9 Å². The first kappa shape index (κ1) is 15.0. The summed E-state index contributed by atoms with van der Waals surface area (Å²) in [5, 5.41) is 1.94. The summed E-state index contributed by atoms with van der Waals surface area (Å²) >= 11 is 1.55. The molecule has 20 heavy (non-hydrogen) atoms. The molecular weight excluding hydrogens is 292 g/mol. The molecule has 0 saturated heterocycles. The van der Waals surface area contributed by atoms with Gasteiger partial charge in [-0.05, 0) is 49.1 Å². The topological polar surface area (TPSA) is 63.4 Å². The fourth-order valence-electron chi connectivity index (χ4n) is 1.89. The quantitative estimate of drug-likeness (QED) is 0.883. The third kappa shape index (κ3) is 2.72. The Kier molecular flexibility index (Phi) is 4.17. The molecule has 2 aromatic rings. The van der Waals surface area contributed by atoms with Crippen LogP contribution in [0.5, 0.6) is 0 Å². The summed E-state index contributed by atoms with van der Waals surface area (Å²) in [7, 11) is -1.92. The number of nitrogens with two attached hydrogens (primary N) is 1. The number of hydrogen-bond donors (Lipinski definition) is 1. The van der Waals surface area contributed by atoms with Crippen molar-refractivity contribution in [3.8, 4) is 0 Å². The molecule has 1 aromatic heterocycles. The minimum Gasteiger partial charge on any atom is -0.399 e. The number of nitrogen functional groups attached to an aromatic ring is 1. The van der Waals surface area contributed by atoms with Gasteiger partial charge in [0, 0.05) is 17.6 Å². The van der Waals surface area contributed by atoms with E-state index in [4.69, 9.17) is 5.73 Å². The molecule has 1 aromatic carbocycles. The van der Waals surface area contributed by atoms with E-state index < -0.39 is 10.0 Å². The Bertz CT molecular complexity index is 694. The summed E-state index contributed by atoms with van der Waals surface area (Å²) in [5.74, 6) is 0. The van der Waals surface area contributed by atoms with Gasteiger partial charge in [-0.3, -0.25) is 0 Å². The molecule has 0 amide bonds. The summed E-state index contributed by atoms with van der Waals surface area (Å²) in [6.45, 7) is 3.69. The van der Waals surface area contributed by atoms with Crippen molar-refractivity contribution in [3.05, 3.63) is 46.2 Å². The van der Waals surface area contributed by atoms with E-state index in [1.54, 1.807) is 43.5 Å². The Labute approximate surface area is 123 Å². The highest BCUT2D eigenvalue weighted by atomic mass is 32.2. The van der Waals surface area contributed by atoms with Crippen molar-refractivity contribution >= 4 is 27.0 Å². The van der Waals surface area contributed by atoms with Gasteiger partial charge in [0.2, 0.25) is 10.0 Å². The van der Waals surface area contributed by atoms with Crippen molar-refractivity contribution < 1.29 is 8.42 Å². The maximum Gasteiger partial charge on any atom is 0.243 e. The van der Waals surface area contributed by atoms with E-state index in [-0.39, 0.29) is 10.9 Å². The molecule has 0 fully saturated rings. The first-order valence-electron chi connectivity index (χ1n) is 6.21. The predicted octanol–water partition coefficient (Wildman–Crippen LogP) is 3.02. The van der Waals surface area contributed by atoms with Crippen LogP contribution in [0.15, 0.2) is 40.6 Å². The molecule has 0 spiro atoms. The minimum absolute atomic E-state index is 0.196. The number of thiophene rings is 1. The Balaban J connectivity index is 2.36. The first-order chi connectivity index (χ1) is 9.34. The molecule has 0 aliphatic heterocycles. The zero-order valence-electron chi connectivity index (χ0n) is 11.7. The van der Waals surface area contributed by atoms with Crippen LogP contribution in [-0.4, -0.2) is 19.8 Å². The van der Waals surface area contributed by atoms with Crippen LogP contribution in [0.25, 0.3) is 0 Å². The molecule has 1 atom stereocenters. The molecule has 1 heterocycles. The summed E-state index contributed by atoms with van der Waals surface area (Å²) in [4.78, 5) is 1.29. The minimum atomic E-state index is -3.52. The van der Waals surface area contributed by atoms with Gasteiger partial charge in [0.15, 0.2) is 0 Å². The standard InChI is InChI=1S/C14H18N2O2S2/c1-10-9-12(6-7-13(10)15)20(17,18)16(3)11(2)14-5-4-8-19-14/h4-9,11H,15H2,1-3H3. The highest BCUT2D eigenvalue weighted by molar-refractivity contribution is 7.89. The molecule has 2 rings (SSSR count). The number of benzene rings is 1. The van der Waals surface area contributed by atoms with Crippen LogP contribution < -0.4 is 5.73 Å². The van der Waals surface area contributed by atoms with E-state index in [9.17, 15) is 8.42 Å². The summed E-state index contributed by atoms with van der Waals surface area (Å²) in [5.41, 5.74) is 7.10. The number of sulfonamides is 1. The average molecular weight is 310 g/mol. The second-order valence-corrected chi connectivity index (χ2v) is 7.71. The fourth-order valence-corrected chi connectivity index (χ4v) is 4.21. The van der Waals surface area contributed by atoms with E-state index in [0.717, 1.165) is 10.4 Å². The molecule has 0 saturated carbocycles. The summed E-state index contributed by atoms with van der Waals surface area (Å²) in [6.07, 6.45) is 0. The molecule has 2 N–H and O–H groups in total. The van der Waals surface area contributed by atoms with Gasteiger partial charge in [0.25, 0.3) is 0 Å². The maximum atomic E-state index is 12.6. The van der Waals surface area contributed by atoms with Gasteiger partial charge < -0.3 is 5.73 Å². The summed E-state index contributed by atoms with van der Waals surface area (Å²) in [6, 6.07) is 8.46. The Hall–Kier alpha value is -1.37. The third-order valence-corrected chi connectivity index (χ3v) is 6.39. The van der Waals surface area contributed by atoms with Crippen molar-refractivity contribution in [2.75, 3.05) is 12.8 Å². The van der Waals surface area contributed by atoms with Gasteiger partial charge in [0.1, 0.15) is 0 Å². The van der Waals surface area contributed by atoms with Crippen molar-refractivity contribution in [1.29, 1.82) is 0 Å². The van der Waals surface area contributed by atoms with E-state index in [2.05, 4.69) is 0 Å². The first-order valence-corrected chi connectivity index (χ1v) is 8.53. The van der Waals surface area contributed by atoms with Crippen molar-refractivity contribution in [2.24, 2.45) is 0 Å². The number of hydrogen-bond acceptors (Lipinski definition) is 4. The fraction of sp³-hybridized carbons (Fsp3) is 0.286. The molecule has 108 valence electrons. The van der Waals surface area contributed by atoms with Crippen molar-refractivity contribution in [1.82, 2.24) is 4.31 Å². The Morgan fingerprint density at radius 2 is 2.00 bits per heavy atom. The van der Waals surface area contributed by atoms with E-state index in [0.29, 0.717) is 5.69 Å². The Morgan fingerprint density at radius 1 is 1.30 bits per heavy atom. The van der Waals surface area contributed by atoms with Gasteiger partial charge in [-0.1, -0.05) is 6.07 Å². The zero-order chi connectivity index (χ0) is 14.9. The lowest BCUT2D eigenvalue weighted by molar-refractivity contribution is 0.403. The molecule has 0 aliphatic rings. The third-order valence-electron chi connectivity index (χ3n) is 3.42. The molecular formula is C14H18N2O2S2. The number of aryl methyl sites for hydroxylation is 1. The highest BCUT2D eigenvalue weighted by Crippen LogP contribution is 2.29. The molecule has 0 bridgehead atoms. The van der Waals surface area contributed by atoms with Crippen LogP contribution in [0.4, 0.5) is 5.69 Å². The van der Waals surface area contributed by atoms with Gasteiger partial charge >= 0.3 is 0 Å². The van der Waals surface area contributed by atoms with Gasteiger partial charge in [-0.25, -0.2) is 8.42 Å². The second-order valence-electron chi connectivity index (χ2n) is 4.73. The average Bonchev–Trinajstić information content (AvgIpc) is 2.94. The van der Waals surface area contributed by atoms with Crippen molar-refractivity contribution in [3.63, 3.8) is 0 Å².